The van der Waals surface area contributed by atoms with E-state index in [1.54, 1.807) is 10.7 Å². The molecule has 0 spiro atoms. The molecule has 6 heteroatoms. The zero-order valence-electron chi connectivity index (χ0n) is 15.4. The van der Waals surface area contributed by atoms with E-state index < -0.39 is 0 Å². The summed E-state index contributed by atoms with van der Waals surface area (Å²) in [4.78, 5) is 19.4. The largest absolute Gasteiger partial charge is 0.337 e. The summed E-state index contributed by atoms with van der Waals surface area (Å²) in [5.74, 6) is 0.230. The third kappa shape index (κ3) is 2.99. The molecule has 25 heavy (non-hydrogen) atoms. The lowest BCUT2D eigenvalue weighted by molar-refractivity contribution is -0.133. The van der Waals surface area contributed by atoms with E-state index in [9.17, 15) is 4.79 Å². The number of amides is 1. The minimum absolute atomic E-state index is 0.230. The Hall–Kier alpha value is -2.42. The first-order chi connectivity index (χ1) is 12.0. The van der Waals surface area contributed by atoms with Crippen LogP contribution in [0.15, 0.2) is 6.20 Å². The first kappa shape index (κ1) is 17.4. The van der Waals surface area contributed by atoms with Crippen molar-refractivity contribution in [2.75, 3.05) is 0 Å². The molecule has 0 aliphatic carbocycles. The number of hydrogen-bond acceptors (Lipinski definition) is 4. The van der Waals surface area contributed by atoms with Crippen LogP contribution in [0.4, 0.5) is 0 Å². The Labute approximate surface area is 148 Å². The molecule has 0 radical (unpaired) electrons. The molecule has 0 aromatic carbocycles. The Morgan fingerprint density at radius 1 is 1.40 bits per heavy atom. The van der Waals surface area contributed by atoms with Gasteiger partial charge < -0.3 is 4.90 Å². The number of aryl methyl sites for hydroxylation is 2. The minimum Gasteiger partial charge on any atom is -0.337 e. The summed E-state index contributed by atoms with van der Waals surface area (Å²) in [6, 6.07) is 2.84. The highest BCUT2D eigenvalue weighted by atomic mass is 16.2. The first-order valence-electron chi connectivity index (χ1n) is 9.03. The molecule has 1 aliphatic heterocycles. The number of rotatable bonds is 4. The van der Waals surface area contributed by atoms with Crippen molar-refractivity contribution in [2.24, 2.45) is 0 Å². The quantitative estimate of drug-likeness (QED) is 0.858. The maximum atomic E-state index is 12.8. The van der Waals surface area contributed by atoms with Crippen molar-refractivity contribution < 1.29 is 4.79 Å². The van der Waals surface area contributed by atoms with E-state index in [0.717, 1.165) is 36.2 Å². The van der Waals surface area contributed by atoms with Crippen molar-refractivity contribution in [2.45, 2.75) is 71.9 Å². The van der Waals surface area contributed by atoms with Crippen LogP contribution in [0.5, 0.6) is 0 Å². The highest BCUT2D eigenvalue weighted by Crippen LogP contribution is 2.27. The molecule has 0 bridgehead atoms. The lowest BCUT2D eigenvalue weighted by Crippen LogP contribution is -2.39. The van der Waals surface area contributed by atoms with Gasteiger partial charge in [0.15, 0.2) is 5.65 Å². The summed E-state index contributed by atoms with van der Waals surface area (Å²) < 4.78 is 1.71. The normalized spacial score (nSPS) is 20.2. The molecule has 1 fully saturated rings. The highest BCUT2D eigenvalue weighted by Gasteiger charge is 2.32. The molecule has 0 N–H and O–H groups in total. The number of fused-ring (bicyclic) bond motifs is 1. The third-order valence-electron chi connectivity index (χ3n) is 5.46. The molecule has 2 aromatic heterocycles. The first-order valence-corrected chi connectivity index (χ1v) is 9.03. The third-order valence-corrected chi connectivity index (χ3v) is 5.46. The minimum atomic E-state index is 0.230. The molecule has 0 unspecified atom stereocenters. The van der Waals surface area contributed by atoms with Gasteiger partial charge in [0.1, 0.15) is 11.6 Å². The number of carbonyl (C=O) groups excluding carboxylic acids is 1. The number of aromatic nitrogens is 3. The highest BCUT2D eigenvalue weighted by molar-refractivity contribution is 5.77. The average molecular weight is 339 g/mol. The van der Waals surface area contributed by atoms with Crippen LogP contribution in [-0.2, 0) is 11.2 Å². The van der Waals surface area contributed by atoms with Crippen molar-refractivity contribution in [3.8, 4) is 6.07 Å². The molecular weight excluding hydrogens is 314 g/mol. The van der Waals surface area contributed by atoms with Crippen molar-refractivity contribution in [3.63, 3.8) is 0 Å². The second-order valence-corrected chi connectivity index (χ2v) is 6.96. The summed E-state index contributed by atoms with van der Waals surface area (Å²) in [7, 11) is 0. The summed E-state index contributed by atoms with van der Waals surface area (Å²) in [5.41, 5.74) is 3.94. The van der Waals surface area contributed by atoms with Gasteiger partial charge in [-0.25, -0.2) is 9.50 Å². The number of nitriles is 1. The van der Waals surface area contributed by atoms with Crippen LogP contribution in [0.1, 0.15) is 62.0 Å². The molecule has 1 aliphatic rings. The SMILES string of the molecule is CC[C@H]1CC[C@@H](C)N1C(=O)CCc1c(C)nc2c(C#N)cnn2c1C. The Balaban J connectivity index is 1.82. The fourth-order valence-electron chi connectivity index (χ4n) is 4.03. The molecule has 2 aromatic rings. The van der Waals surface area contributed by atoms with Crippen LogP contribution in [0.2, 0.25) is 0 Å². The summed E-state index contributed by atoms with van der Waals surface area (Å²) >= 11 is 0. The molecule has 1 amide bonds. The van der Waals surface area contributed by atoms with Crippen LogP contribution >= 0.6 is 0 Å². The predicted octanol–water partition coefficient (Wildman–Crippen LogP) is 2.94. The standard InChI is InChI=1S/C19H25N5O/c1-5-16-7-6-12(2)23(16)18(25)9-8-17-13(3)22-19-15(10-20)11-21-24(19)14(17)4/h11-12,16H,5-9H2,1-4H3/t12-,16+/m1/s1. The summed E-state index contributed by atoms with van der Waals surface area (Å²) in [6.45, 7) is 8.21. The van der Waals surface area contributed by atoms with Gasteiger partial charge in [-0.1, -0.05) is 6.92 Å². The van der Waals surface area contributed by atoms with Gasteiger partial charge in [-0.05, 0) is 52.0 Å². The molecular formula is C19H25N5O. The zero-order valence-corrected chi connectivity index (χ0v) is 15.4. The number of carbonyl (C=O) groups is 1. The molecule has 6 nitrogen and oxygen atoms in total. The summed E-state index contributed by atoms with van der Waals surface area (Å²) in [5, 5.41) is 13.4. The Morgan fingerprint density at radius 3 is 2.84 bits per heavy atom. The summed E-state index contributed by atoms with van der Waals surface area (Å²) in [6.07, 6.45) is 5.91. The van der Waals surface area contributed by atoms with Crippen molar-refractivity contribution in [3.05, 3.63) is 28.7 Å². The van der Waals surface area contributed by atoms with Crippen LogP contribution in [-0.4, -0.2) is 37.5 Å². The zero-order chi connectivity index (χ0) is 18.1. The van der Waals surface area contributed by atoms with Gasteiger partial charge >= 0.3 is 0 Å². The van der Waals surface area contributed by atoms with E-state index in [-0.39, 0.29) is 5.91 Å². The number of hydrogen-bond donors (Lipinski definition) is 0. The molecule has 3 heterocycles. The maximum absolute atomic E-state index is 12.8. The van der Waals surface area contributed by atoms with Crippen LogP contribution in [0, 0.1) is 25.2 Å². The Morgan fingerprint density at radius 2 is 2.16 bits per heavy atom. The van der Waals surface area contributed by atoms with E-state index in [1.807, 2.05) is 13.8 Å². The van der Waals surface area contributed by atoms with Gasteiger partial charge in [0.05, 0.1) is 6.20 Å². The van der Waals surface area contributed by atoms with E-state index in [0.29, 0.717) is 36.1 Å². The second kappa shape index (κ2) is 6.83. The Bertz CT molecular complexity index is 848. The van der Waals surface area contributed by atoms with E-state index in [1.165, 1.54) is 0 Å². The number of likely N-dealkylation sites (tertiary alicyclic amines) is 1. The second-order valence-electron chi connectivity index (χ2n) is 6.96. The molecule has 3 rings (SSSR count). The topological polar surface area (TPSA) is 74.3 Å². The smallest absolute Gasteiger partial charge is 0.223 e. The van der Waals surface area contributed by atoms with Crippen molar-refractivity contribution in [1.29, 1.82) is 5.26 Å². The van der Waals surface area contributed by atoms with E-state index >= 15 is 0 Å². The van der Waals surface area contributed by atoms with Crippen LogP contribution in [0.3, 0.4) is 0 Å². The van der Waals surface area contributed by atoms with Crippen LogP contribution in [0.25, 0.3) is 5.65 Å². The molecule has 1 saturated heterocycles. The predicted molar refractivity (Wildman–Crippen MR) is 95.1 cm³/mol. The van der Waals surface area contributed by atoms with Gasteiger partial charge in [-0.3, -0.25) is 4.79 Å². The average Bonchev–Trinajstić information content (AvgIpc) is 3.17. The fraction of sp³-hybridized carbons (Fsp3) is 0.579. The van der Waals surface area contributed by atoms with Gasteiger partial charge in [0.25, 0.3) is 0 Å². The van der Waals surface area contributed by atoms with Crippen LogP contribution < -0.4 is 0 Å². The lowest BCUT2D eigenvalue weighted by atomic mass is 10.1. The monoisotopic (exact) mass is 339 g/mol. The van der Waals surface area contributed by atoms with Crippen molar-refractivity contribution >= 4 is 11.6 Å². The lowest BCUT2D eigenvalue weighted by Gasteiger charge is -2.28. The number of nitrogens with zero attached hydrogens (tertiary/aromatic N) is 5. The van der Waals surface area contributed by atoms with E-state index in [2.05, 4.69) is 34.9 Å². The molecule has 0 saturated carbocycles. The van der Waals surface area contributed by atoms with E-state index in [4.69, 9.17) is 5.26 Å². The van der Waals surface area contributed by atoms with Gasteiger partial charge in [0, 0.05) is 29.9 Å². The van der Waals surface area contributed by atoms with Gasteiger partial charge in [-0.2, -0.15) is 10.4 Å². The Kier molecular flexibility index (Phi) is 4.76. The molecule has 132 valence electrons. The van der Waals surface area contributed by atoms with Gasteiger partial charge in [-0.15, -0.1) is 0 Å². The van der Waals surface area contributed by atoms with Crippen molar-refractivity contribution in [1.82, 2.24) is 19.5 Å². The fourth-order valence-corrected chi connectivity index (χ4v) is 4.03. The maximum Gasteiger partial charge on any atom is 0.223 e. The van der Waals surface area contributed by atoms with Gasteiger partial charge in [0.2, 0.25) is 5.91 Å². The molecule has 2 atom stereocenters.